The van der Waals surface area contributed by atoms with Gasteiger partial charge in [-0.05, 0) is 50.5 Å². The lowest BCUT2D eigenvalue weighted by Crippen LogP contribution is -2.40. The minimum atomic E-state index is -4.04. The van der Waals surface area contributed by atoms with Gasteiger partial charge in [0.05, 0.1) is 17.6 Å². The number of amides is 1. The highest BCUT2D eigenvalue weighted by Crippen LogP contribution is 2.14. The van der Waals surface area contributed by atoms with E-state index in [0.29, 0.717) is 6.61 Å². The molecule has 0 spiro atoms. The van der Waals surface area contributed by atoms with Crippen LogP contribution < -0.4 is 4.72 Å². The second-order valence-electron chi connectivity index (χ2n) is 5.39. The van der Waals surface area contributed by atoms with Crippen LogP contribution in [0, 0.1) is 5.82 Å². The number of carbonyl (C=O) groups is 1. The summed E-state index contributed by atoms with van der Waals surface area (Å²) in [4.78, 5) is 11.8. The molecule has 1 amide bonds. The summed E-state index contributed by atoms with van der Waals surface area (Å²) in [6.45, 7) is 2.39. The third kappa shape index (κ3) is 5.26. The molecule has 1 aromatic carbocycles. The zero-order chi connectivity index (χ0) is 16.9. The third-order valence-electron chi connectivity index (χ3n) is 3.53. The summed E-state index contributed by atoms with van der Waals surface area (Å²) in [5, 5.41) is 0. The standard InChI is InChI=1S/C15H20FNO5S/c1-11(22-10-13-4-2-3-9-21-13)15(18)17-23(19,20)14-7-5-12(16)6-8-14/h5-8,11,13H,2-4,9-10H2,1H3,(H,17,18)/t11-,13-/m0/s1. The highest BCUT2D eigenvalue weighted by atomic mass is 32.2. The number of hydrogen-bond donors (Lipinski definition) is 1. The largest absolute Gasteiger partial charge is 0.376 e. The Morgan fingerprint density at radius 2 is 2.09 bits per heavy atom. The summed E-state index contributed by atoms with van der Waals surface area (Å²) in [5.41, 5.74) is 0. The molecule has 2 atom stereocenters. The fourth-order valence-electron chi connectivity index (χ4n) is 2.15. The van der Waals surface area contributed by atoms with Gasteiger partial charge in [0, 0.05) is 6.61 Å². The molecule has 128 valence electrons. The van der Waals surface area contributed by atoms with E-state index in [1.54, 1.807) is 0 Å². The average molecular weight is 345 g/mol. The first-order valence-electron chi connectivity index (χ1n) is 7.44. The topological polar surface area (TPSA) is 81.7 Å². The normalized spacial score (nSPS) is 20.0. The van der Waals surface area contributed by atoms with Crippen LogP contribution in [0.1, 0.15) is 26.2 Å². The molecule has 1 aliphatic heterocycles. The zero-order valence-corrected chi connectivity index (χ0v) is 13.6. The molecule has 0 aliphatic carbocycles. The second-order valence-corrected chi connectivity index (χ2v) is 7.07. The molecule has 6 nitrogen and oxygen atoms in total. The summed E-state index contributed by atoms with van der Waals surface area (Å²) in [6.07, 6.45) is 1.93. The van der Waals surface area contributed by atoms with Crippen molar-refractivity contribution >= 4 is 15.9 Å². The molecular formula is C15H20FNO5S. The number of benzene rings is 1. The molecule has 1 aliphatic rings. The maximum Gasteiger partial charge on any atom is 0.264 e. The van der Waals surface area contributed by atoms with Gasteiger partial charge < -0.3 is 9.47 Å². The maximum absolute atomic E-state index is 12.8. The molecule has 1 fully saturated rings. The van der Waals surface area contributed by atoms with E-state index >= 15 is 0 Å². The molecule has 23 heavy (non-hydrogen) atoms. The first-order chi connectivity index (χ1) is 10.9. The Balaban J connectivity index is 1.87. The van der Waals surface area contributed by atoms with Gasteiger partial charge in [0.15, 0.2) is 0 Å². The first kappa shape index (κ1) is 17.8. The smallest absolute Gasteiger partial charge is 0.264 e. The zero-order valence-electron chi connectivity index (χ0n) is 12.8. The van der Waals surface area contributed by atoms with Gasteiger partial charge >= 0.3 is 0 Å². The van der Waals surface area contributed by atoms with Crippen LogP contribution >= 0.6 is 0 Å². The Labute approximate surface area is 135 Å². The predicted octanol–water partition coefficient (Wildman–Crippen LogP) is 1.60. The number of nitrogens with one attached hydrogen (secondary N) is 1. The van der Waals surface area contributed by atoms with Gasteiger partial charge in [-0.1, -0.05) is 0 Å². The van der Waals surface area contributed by atoms with Crippen LogP contribution in [0.4, 0.5) is 4.39 Å². The summed E-state index contributed by atoms with van der Waals surface area (Å²) < 4.78 is 49.7. The molecule has 2 rings (SSSR count). The average Bonchev–Trinajstić information content (AvgIpc) is 2.53. The lowest BCUT2D eigenvalue weighted by molar-refractivity contribution is -0.133. The first-order valence-corrected chi connectivity index (χ1v) is 8.92. The van der Waals surface area contributed by atoms with Gasteiger partial charge in [-0.25, -0.2) is 17.5 Å². The van der Waals surface area contributed by atoms with Crippen molar-refractivity contribution in [2.75, 3.05) is 13.2 Å². The molecule has 1 N–H and O–H groups in total. The fraction of sp³-hybridized carbons (Fsp3) is 0.533. The van der Waals surface area contributed by atoms with Crippen molar-refractivity contribution < 1.29 is 27.1 Å². The number of hydrogen-bond acceptors (Lipinski definition) is 5. The van der Waals surface area contributed by atoms with Gasteiger partial charge in [-0.15, -0.1) is 0 Å². The quantitative estimate of drug-likeness (QED) is 0.847. The highest BCUT2D eigenvalue weighted by Gasteiger charge is 2.23. The van der Waals surface area contributed by atoms with Crippen molar-refractivity contribution in [3.05, 3.63) is 30.1 Å². The summed E-state index contributed by atoms with van der Waals surface area (Å²) in [5.74, 6) is -1.33. The predicted molar refractivity (Wildman–Crippen MR) is 80.7 cm³/mol. The molecule has 0 saturated carbocycles. The molecule has 0 aromatic heterocycles. The SMILES string of the molecule is C[C@H](OC[C@@H]1CCCCO1)C(=O)NS(=O)(=O)c1ccc(F)cc1. The molecule has 0 bridgehead atoms. The van der Waals surface area contributed by atoms with Crippen molar-refractivity contribution in [2.24, 2.45) is 0 Å². The monoisotopic (exact) mass is 345 g/mol. The van der Waals surface area contributed by atoms with Crippen molar-refractivity contribution in [3.63, 3.8) is 0 Å². The molecule has 8 heteroatoms. The Hall–Kier alpha value is -1.51. The summed E-state index contributed by atoms with van der Waals surface area (Å²) in [7, 11) is -4.04. The van der Waals surface area contributed by atoms with Crippen LogP contribution in [-0.4, -0.2) is 39.7 Å². The van der Waals surface area contributed by atoms with Crippen molar-refractivity contribution in [3.8, 4) is 0 Å². The van der Waals surface area contributed by atoms with Crippen LogP contribution in [-0.2, 0) is 24.3 Å². The lowest BCUT2D eigenvalue weighted by atomic mass is 10.1. The van der Waals surface area contributed by atoms with Gasteiger partial charge in [0.1, 0.15) is 11.9 Å². The Morgan fingerprint density at radius 3 is 2.70 bits per heavy atom. The van der Waals surface area contributed by atoms with Gasteiger partial charge in [0.2, 0.25) is 0 Å². The van der Waals surface area contributed by atoms with Gasteiger partial charge in [-0.3, -0.25) is 4.79 Å². The molecular weight excluding hydrogens is 325 g/mol. The molecule has 1 saturated heterocycles. The minimum Gasteiger partial charge on any atom is -0.376 e. The number of sulfonamides is 1. The number of ether oxygens (including phenoxy) is 2. The minimum absolute atomic E-state index is 0.0623. The summed E-state index contributed by atoms with van der Waals surface area (Å²) in [6, 6.07) is 4.21. The Kier molecular flexibility index (Phi) is 6.09. The fourth-order valence-corrected chi connectivity index (χ4v) is 3.20. The van der Waals surface area contributed by atoms with Crippen LogP contribution in [0.3, 0.4) is 0 Å². The van der Waals surface area contributed by atoms with Crippen molar-refractivity contribution in [2.45, 2.75) is 43.3 Å². The van der Waals surface area contributed by atoms with Crippen LogP contribution in [0.2, 0.25) is 0 Å². The lowest BCUT2D eigenvalue weighted by Gasteiger charge is -2.23. The van der Waals surface area contributed by atoms with Crippen LogP contribution in [0.25, 0.3) is 0 Å². The second kappa shape index (κ2) is 7.85. The number of carbonyl (C=O) groups excluding carboxylic acids is 1. The van der Waals surface area contributed by atoms with E-state index in [-0.39, 0.29) is 17.6 Å². The van der Waals surface area contributed by atoms with Gasteiger partial charge in [-0.2, -0.15) is 0 Å². The maximum atomic E-state index is 12.8. The third-order valence-corrected chi connectivity index (χ3v) is 4.90. The van der Waals surface area contributed by atoms with Gasteiger partial charge in [0.25, 0.3) is 15.9 Å². The number of rotatable bonds is 6. The van der Waals surface area contributed by atoms with E-state index in [2.05, 4.69) is 0 Å². The van der Waals surface area contributed by atoms with Crippen molar-refractivity contribution in [1.82, 2.24) is 4.72 Å². The van der Waals surface area contributed by atoms with Crippen LogP contribution in [0.5, 0.6) is 0 Å². The van der Waals surface area contributed by atoms with E-state index in [1.165, 1.54) is 6.92 Å². The highest BCUT2D eigenvalue weighted by molar-refractivity contribution is 7.90. The number of halogens is 1. The van der Waals surface area contributed by atoms with E-state index in [9.17, 15) is 17.6 Å². The van der Waals surface area contributed by atoms with E-state index < -0.39 is 27.9 Å². The van der Waals surface area contributed by atoms with E-state index in [0.717, 1.165) is 43.5 Å². The molecule has 1 heterocycles. The summed E-state index contributed by atoms with van der Waals surface area (Å²) >= 11 is 0. The molecule has 0 unspecified atom stereocenters. The van der Waals surface area contributed by atoms with E-state index in [4.69, 9.17) is 9.47 Å². The Morgan fingerprint density at radius 1 is 1.39 bits per heavy atom. The molecule has 0 radical (unpaired) electrons. The van der Waals surface area contributed by atoms with Crippen LogP contribution in [0.15, 0.2) is 29.2 Å². The molecule has 1 aromatic rings. The van der Waals surface area contributed by atoms with E-state index in [1.807, 2.05) is 4.72 Å². The van der Waals surface area contributed by atoms with Crippen molar-refractivity contribution in [1.29, 1.82) is 0 Å². The Bertz CT molecular complexity index is 626.